The molecule has 8 heteroatoms. The number of nitro groups is 1. The Kier molecular flexibility index (Phi) is 5.07. The number of nitro benzene ring substituents is 1. The van der Waals surface area contributed by atoms with Gasteiger partial charge in [-0.25, -0.2) is 4.68 Å². The van der Waals surface area contributed by atoms with Gasteiger partial charge in [0.15, 0.2) is 5.69 Å². The second-order valence-electron chi connectivity index (χ2n) is 7.31. The molecule has 3 rings (SSSR count). The topological polar surface area (TPSA) is 98.3 Å². The van der Waals surface area contributed by atoms with Crippen molar-refractivity contribution in [2.24, 2.45) is 11.8 Å². The van der Waals surface area contributed by atoms with Crippen LogP contribution in [0.4, 0.5) is 5.69 Å². The van der Waals surface area contributed by atoms with Gasteiger partial charge in [-0.3, -0.25) is 19.7 Å². The lowest BCUT2D eigenvalue weighted by Gasteiger charge is -2.34. The highest BCUT2D eigenvalue weighted by Gasteiger charge is 2.29. The first-order valence-electron chi connectivity index (χ1n) is 8.92. The number of nitrogens with zero attached hydrogens (tertiary/aromatic N) is 4. The zero-order chi connectivity index (χ0) is 19.7. The Morgan fingerprint density at radius 3 is 2.48 bits per heavy atom. The molecule has 0 bridgehead atoms. The average molecular weight is 370 g/mol. The van der Waals surface area contributed by atoms with E-state index in [0.29, 0.717) is 30.6 Å². The Balaban J connectivity index is 2.07. The molecule has 1 fully saturated rings. The van der Waals surface area contributed by atoms with Crippen molar-refractivity contribution in [2.45, 2.75) is 27.2 Å². The van der Waals surface area contributed by atoms with Gasteiger partial charge in [0.1, 0.15) is 5.69 Å². The molecule has 2 atom stereocenters. The van der Waals surface area contributed by atoms with Crippen LogP contribution < -0.4 is 5.43 Å². The van der Waals surface area contributed by atoms with Crippen molar-refractivity contribution < 1.29 is 9.72 Å². The molecule has 0 aliphatic carbocycles. The number of rotatable bonds is 3. The Labute approximate surface area is 156 Å². The molecule has 2 heterocycles. The van der Waals surface area contributed by atoms with Crippen LogP contribution in [0.15, 0.2) is 35.1 Å². The number of hydrogen-bond donors (Lipinski definition) is 0. The number of hydrogen-bond acceptors (Lipinski definition) is 5. The van der Waals surface area contributed by atoms with Crippen molar-refractivity contribution in [3.8, 4) is 5.69 Å². The molecule has 8 nitrogen and oxygen atoms in total. The number of likely N-dealkylation sites (tertiary alicyclic amines) is 1. The molecular weight excluding hydrogens is 348 g/mol. The van der Waals surface area contributed by atoms with Crippen LogP contribution in [0.2, 0.25) is 0 Å². The summed E-state index contributed by atoms with van der Waals surface area (Å²) in [5, 5.41) is 15.6. The highest BCUT2D eigenvalue weighted by molar-refractivity contribution is 5.92. The van der Waals surface area contributed by atoms with Crippen LogP contribution in [0.3, 0.4) is 0 Å². The first-order valence-corrected chi connectivity index (χ1v) is 8.92. The molecule has 0 N–H and O–H groups in total. The summed E-state index contributed by atoms with van der Waals surface area (Å²) in [7, 11) is 0. The van der Waals surface area contributed by atoms with Crippen LogP contribution in [0.25, 0.3) is 5.69 Å². The molecule has 0 saturated carbocycles. The number of piperidine rings is 1. The van der Waals surface area contributed by atoms with Gasteiger partial charge in [0.2, 0.25) is 5.43 Å². The molecule has 1 saturated heterocycles. The van der Waals surface area contributed by atoms with Gasteiger partial charge < -0.3 is 4.90 Å². The van der Waals surface area contributed by atoms with E-state index < -0.39 is 16.3 Å². The van der Waals surface area contributed by atoms with E-state index in [2.05, 4.69) is 18.9 Å². The van der Waals surface area contributed by atoms with Crippen molar-refractivity contribution in [2.75, 3.05) is 13.1 Å². The Morgan fingerprint density at radius 2 is 1.85 bits per heavy atom. The molecule has 0 radical (unpaired) electrons. The van der Waals surface area contributed by atoms with E-state index in [0.717, 1.165) is 6.42 Å². The molecule has 1 aromatic heterocycles. The van der Waals surface area contributed by atoms with E-state index in [9.17, 15) is 19.7 Å². The SMILES string of the molecule is Cc1cc(=O)c(C(=O)N2C[C@@H](C)C[C@H](C)C2)nn1-c1ccccc1[N+](=O)[O-]. The second kappa shape index (κ2) is 7.30. The lowest BCUT2D eigenvalue weighted by atomic mass is 9.92. The van der Waals surface area contributed by atoms with Crippen LogP contribution in [-0.2, 0) is 0 Å². The highest BCUT2D eigenvalue weighted by Crippen LogP contribution is 2.24. The number of amides is 1. The van der Waals surface area contributed by atoms with Crippen molar-refractivity contribution in [1.82, 2.24) is 14.7 Å². The van der Waals surface area contributed by atoms with Crippen molar-refractivity contribution in [3.63, 3.8) is 0 Å². The van der Waals surface area contributed by atoms with Gasteiger partial charge in [0.05, 0.1) is 4.92 Å². The molecule has 27 heavy (non-hydrogen) atoms. The molecule has 0 unspecified atom stereocenters. The predicted molar refractivity (Wildman–Crippen MR) is 100 cm³/mol. The summed E-state index contributed by atoms with van der Waals surface area (Å²) >= 11 is 0. The summed E-state index contributed by atoms with van der Waals surface area (Å²) in [5.41, 5.74) is -0.186. The largest absolute Gasteiger partial charge is 0.337 e. The molecule has 142 valence electrons. The normalized spacial score (nSPS) is 19.7. The summed E-state index contributed by atoms with van der Waals surface area (Å²) in [6.07, 6.45) is 1.03. The summed E-state index contributed by atoms with van der Waals surface area (Å²) in [4.78, 5) is 37.9. The predicted octanol–water partition coefficient (Wildman–Crippen LogP) is 2.57. The Hall–Kier alpha value is -3.03. The molecule has 1 aromatic carbocycles. The minimum atomic E-state index is -0.510. The fourth-order valence-electron chi connectivity index (χ4n) is 3.72. The van der Waals surface area contributed by atoms with Crippen LogP contribution in [-0.4, -0.2) is 38.6 Å². The first-order chi connectivity index (χ1) is 12.8. The third-order valence-electron chi connectivity index (χ3n) is 4.77. The fourth-order valence-corrected chi connectivity index (χ4v) is 3.72. The minimum absolute atomic E-state index is 0.143. The molecule has 1 aliphatic rings. The van der Waals surface area contributed by atoms with Gasteiger partial charge in [-0.05, 0) is 31.2 Å². The Bertz CT molecular complexity index is 943. The third kappa shape index (κ3) is 3.74. The van der Waals surface area contributed by atoms with Crippen LogP contribution in [0.1, 0.15) is 36.5 Å². The highest BCUT2D eigenvalue weighted by atomic mass is 16.6. The molecule has 1 aliphatic heterocycles. The molecule has 0 spiro atoms. The van der Waals surface area contributed by atoms with E-state index >= 15 is 0 Å². The minimum Gasteiger partial charge on any atom is -0.337 e. The summed E-state index contributed by atoms with van der Waals surface area (Å²) in [5.74, 6) is 0.270. The van der Waals surface area contributed by atoms with Crippen molar-refractivity contribution >= 4 is 11.6 Å². The summed E-state index contributed by atoms with van der Waals surface area (Å²) < 4.78 is 1.30. The van der Waals surface area contributed by atoms with Crippen molar-refractivity contribution in [1.29, 1.82) is 0 Å². The number of carbonyl (C=O) groups excluding carboxylic acids is 1. The number of carbonyl (C=O) groups is 1. The van der Waals surface area contributed by atoms with Gasteiger partial charge in [0.25, 0.3) is 11.6 Å². The van der Waals surface area contributed by atoms with Gasteiger partial charge >= 0.3 is 0 Å². The maximum atomic E-state index is 12.9. The second-order valence-corrected chi connectivity index (χ2v) is 7.31. The van der Waals surface area contributed by atoms with Crippen LogP contribution in [0.5, 0.6) is 0 Å². The summed E-state index contributed by atoms with van der Waals surface area (Å²) in [6, 6.07) is 7.42. The van der Waals surface area contributed by atoms with Crippen LogP contribution in [0, 0.1) is 28.9 Å². The lowest BCUT2D eigenvalue weighted by molar-refractivity contribution is -0.384. The van der Waals surface area contributed by atoms with E-state index in [-0.39, 0.29) is 17.1 Å². The van der Waals surface area contributed by atoms with E-state index in [1.54, 1.807) is 30.0 Å². The summed E-state index contributed by atoms with van der Waals surface area (Å²) in [6.45, 7) is 6.92. The quantitative estimate of drug-likeness (QED) is 0.611. The number of para-hydroxylation sites is 2. The van der Waals surface area contributed by atoms with Crippen LogP contribution >= 0.6 is 0 Å². The maximum absolute atomic E-state index is 12.9. The van der Waals surface area contributed by atoms with E-state index in [4.69, 9.17) is 0 Å². The van der Waals surface area contributed by atoms with E-state index in [1.165, 1.54) is 16.8 Å². The lowest BCUT2D eigenvalue weighted by Crippen LogP contribution is -2.44. The number of benzene rings is 1. The van der Waals surface area contributed by atoms with E-state index in [1.807, 2.05) is 0 Å². The van der Waals surface area contributed by atoms with Gasteiger partial charge in [-0.15, -0.1) is 0 Å². The van der Waals surface area contributed by atoms with Gasteiger partial charge in [0, 0.05) is 30.9 Å². The first kappa shape index (κ1) is 18.8. The van der Waals surface area contributed by atoms with Gasteiger partial charge in [-0.2, -0.15) is 5.10 Å². The third-order valence-corrected chi connectivity index (χ3v) is 4.77. The molecular formula is C19H22N4O4. The van der Waals surface area contributed by atoms with Crippen molar-refractivity contribution in [3.05, 3.63) is 62.1 Å². The monoisotopic (exact) mass is 370 g/mol. The standard InChI is InChI=1S/C19H22N4O4/c1-12-8-13(2)11-21(10-12)19(25)18-17(24)9-14(3)22(20-18)15-6-4-5-7-16(15)23(26)27/h4-7,9,12-13H,8,10-11H2,1-3H3/t12-,13-/m0/s1. The smallest absolute Gasteiger partial charge is 0.294 e. The average Bonchev–Trinajstić information content (AvgIpc) is 2.60. The van der Waals surface area contributed by atoms with Gasteiger partial charge in [-0.1, -0.05) is 26.0 Å². The Morgan fingerprint density at radius 1 is 1.22 bits per heavy atom. The maximum Gasteiger partial charge on any atom is 0.294 e. The molecule has 2 aromatic rings. The zero-order valence-corrected chi connectivity index (χ0v) is 15.6. The zero-order valence-electron chi connectivity index (χ0n) is 15.6. The number of aryl methyl sites for hydroxylation is 1. The molecule has 1 amide bonds. The fraction of sp³-hybridized carbons (Fsp3) is 0.421. The number of aromatic nitrogens is 2.